The van der Waals surface area contributed by atoms with E-state index in [-0.39, 0.29) is 22.9 Å². The van der Waals surface area contributed by atoms with E-state index in [0.717, 1.165) is 0 Å². The van der Waals surface area contributed by atoms with Gasteiger partial charge < -0.3 is 9.47 Å². The molecule has 0 unspecified atom stereocenters. The summed E-state index contributed by atoms with van der Waals surface area (Å²) >= 11 is 9.06. The number of carbonyl (C=O) groups is 1. The van der Waals surface area contributed by atoms with Gasteiger partial charge in [-0.3, -0.25) is 0 Å². The molecule has 6 heteroatoms. The Hall–Kier alpha value is -0.650. The number of carbonyl (C=O) groups excluding carboxylic acids is 1. The summed E-state index contributed by atoms with van der Waals surface area (Å²) in [6, 6.07) is 1.58. The van der Waals surface area contributed by atoms with Gasteiger partial charge in [-0.15, -0.1) is 0 Å². The molecular formula is C12H15BrClNO3. The second-order valence-electron chi connectivity index (χ2n) is 4.34. The van der Waals surface area contributed by atoms with Crippen molar-refractivity contribution >= 4 is 33.5 Å². The third-order valence-electron chi connectivity index (χ3n) is 2.52. The predicted molar refractivity (Wildman–Crippen MR) is 72.9 cm³/mol. The van der Waals surface area contributed by atoms with E-state index >= 15 is 0 Å². The van der Waals surface area contributed by atoms with Gasteiger partial charge in [-0.2, -0.15) is 0 Å². The van der Waals surface area contributed by atoms with Gasteiger partial charge in [-0.05, 0) is 35.8 Å². The molecule has 18 heavy (non-hydrogen) atoms. The molecule has 0 amide bonds. The molecule has 0 spiro atoms. The lowest BCUT2D eigenvalue weighted by molar-refractivity contribution is -0.00563. The lowest BCUT2D eigenvalue weighted by atomic mass is 10.1. The van der Waals surface area contributed by atoms with E-state index in [1.165, 1.54) is 6.20 Å². The number of nitrogens with zero attached hydrogens (tertiary/aromatic N) is 1. The molecule has 0 aliphatic rings. The smallest absolute Gasteiger partial charge is 0.341 e. The molecule has 0 bridgehead atoms. The quantitative estimate of drug-likeness (QED) is 0.610. The van der Waals surface area contributed by atoms with Crippen molar-refractivity contribution in [1.29, 1.82) is 0 Å². The van der Waals surface area contributed by atoms with E-state index in [1.54, 1.807) is 13.2 Å². The zero-order chi connectivity index (χ0) is 13.8. The van der Waals surface area contributed by atoms with Gasteiger partial charge in [0.25, 0.3) is 0 Å². The maximum absolute atomic E-state index is 11.8. The van der Waals surface area contributed by atoms with Gasteiger partial charge in [-0.1, -0.05) is 11.6 Å². The molecule has 0 saturated heterocycles. The first-order valence-electron chi connectivity index (χ1n) is 5.39. The Morgan fingerprint density at radius 2 is 2.22 bits per heavy atom. The van der Waals surface area contributed by atoms with Crippen LogP contribution in [0.4, 0.5) is 0 Å². The molecule has 100 valence electrons. The summed E-state index contributed by atoms with van der Waals surface area (Å²) < 4.78 is 11.0. The van der Waals surface area contributed by atoms with Gasteiger partial charge >= 0.3 is 5.97 Å². The van der Waals surface area contributed by atoms with Gasteiger partial charge in [0.1, 0.15) is 5.15 Å². The fourth-order valence-corrected chi connectivity index (χ4v) is 1.65. The number of halogens is 2. The minimum Gasteiger partial charge on any atom is -0.462 e. The summed E-state index contributed by atoms with van der Waals surface area (Å²) in [4.78, 5) is 15.6. The van der Waals surface area contributed by atoms with E-state index in [2.05, 4.69) is 20.9 Å². The highest BCUT2D eigenvalue weighted by molar-refractivity contribution is 9.10. The maximum atomic E-state index is 11.8. The van der Waals surface area contributed by atoms with Crippen molar-refractivity contribution in [3.8, 4) is 0 Å². The summed E-state index contributed by atoms with van der Waals surface area (Å²) in [5.41, 5.74) is -0.0687. The number of methoxy groups -OCH3 is 1. The van der Waals surface area contributed by atoms with E-state index in [4.69, 9.17) is 21.1 Å². The van der Waals surface area contributed by atoms with Crippen LogP contribution >= 0.6 is 27.5 Å². The third-order valence-corrected chi connectivity index (χ3v) is 3.25. The van der Waals surface area contributed by atoms with E-state index in [0.29, 0.717) is 10.9 Å². The fraction of sp³-hybridized carbons (Fsp3) is 0.500. The molecule has 4 nitrogen and oxygen atoms in total. The second-order valence-corrected chi connectivity index (χ2v) is 5.62. The highest BCUT2D eigenvalue weighted by Gasteiger charge is 2.18. The summed E-state index contributed by atoms with van der Waals surface area (Å²) in [5.74, 6) is -0.485. The van der Waals surface area contributed by atoms with Crippen molar-refractivity contribution < 1.29 is 14.3 Å². The first-order chi connectivity index (χ1) is 8.35. The molecule has 0 saturated carbocycles. The van der Waals surface area contributed by atoms with Crippen LogP contribution in [0.1, 0.15) is 30.6 Å². The van der Waals surface area contributed by atoms with Crippen molar-refractivity contribution in [3.63, 3.8) is 0 Å². The molecule has 1 heterocycles. The molecule has 1 aromatic heterocycles. The summed E-state index contributed by atoms with van der Waals surface area (Å²) in [6.07, 6.45) is 2.13. The fourth-order valence-electron chi connectivity index (χ4n) is 1.14. The van der Waals surface area contributed by atoms with E-state index in [1.807, 2.05) is 13.8 Å². The zero-order valence-corrected chi connectivity index (χ0v) is 12.8. The van der Waals surface area contributed by atoms with Crippen molar-refractivity contribution in [2.24, 2.45) is 0 Å². The van der Waals surface area contributed by atoms with Crippen LogP contribution in [0.2, 0.25) is 5.15 Å². The Kier molecular flexibility index (Phi) is 5.56. The van der Waals surface area contributed by atoms with E-state index < -0.39 is 5.97 Å². The van der Waals surface area contributed by atoms with Gasteiger partial charge in [0.05, 0.1) is 17.8 Å². The second kappa shape index (κ2) is 6.50. The number of esters is 1. The van der Waals surface area contributed by atoms with Gasteiger partial charge in [0.2, 0.25) is 0 Å². The molecule has 0 aliphatic heterocycles. The van der Waals surface area contributed by atoms with Gasteiger partial charge in [0, 0.05) is 24.2 Å². The number of aromatic nitrogens is 1. The van der Waals surface area contributed by atoms with Crippen molar-refractivity contribution in [3.05, 3.63) is 27.5 Å². The average Bonchev–Trinajstić information content (AvgIpc) is 2.32. The van der Waals surface area contributed by atoms with Crippen LogP contribution in [-0.4, -0.2) is 30.3 Å². The van der Waals surface area contributed by atoms with E-state index in [9.17, 15) is 4.79 Å². The Morgan fingerprint density at radius 1 is 1.56 bits per heavy atom. The lowest BCUT2D eigenvalue weighted by Crippen LogP contribution is -2.25. The van der Waals surface area contributed by atoms with Gasteiger partial charge in [-0.25, -0.2) is 9.78 Å². The molecule has 0 aliphatic carbocycles. The number of pyridine rings is 1. The van der Waals surface area contributed by atoms with Crippen LogP contribution < -0.4 is 0 Å². The SMILES string of the molecule is COC(C)(C)CCOC(=O)c1cc(Br)cnc1Cl. The number of ether oxygens (including phenoxy) is 2. The number of rotatable bonds is 5. The Morgan fingerprint density at radius 3 is 2.83 bits per heavy atom. The van der Waals surface area contributed by atoms with Crippen LogP contribution in [-0.2, 0) is 9.47 Å². The highest BCUT2D eigenvalue weighted by Crippen LogP contribution is 2.19. The van der Waals surface area contributed by atoms with Crippen molar-refractivity contribution in [1.82, 2.24) is 4.98 Å². The number of hydrogen-bond acceptors (Lipinski definition) is 4. The first kappa shape index (κ1) is 15.4. The third kappa shape index (κ3) is 4.55. The Bertz CT molecular complexity index is 437. The lowest BCUT2D eigenvalue weighted by Gasteiger charge is -2.22. The Balaban J connectivity index is 2.58. The minimum atomic E-state index is -0.485. The summed E-state index contributed by atoms with van der Waals surface area (Å²) in [7, 11) is 1.62. The summed E-state index contributed by atoms with van der Waals surface area (Å²) in [6.45, 7) is 4.12. The predicted octanol–water partition coefficient (Wildman–Crippen LogP) is 3.47. The molecule has 1 rings (SSSR count). The van der Waals surface area contributed by atoms with Crippen LogP contribution in [0.3, 0.4) is 0 Å². The monoisotopic (exact) mass is 335 g/mol. The Labute approximate surface area is 120 Å². The topological polar surface area (TPSA) is 48.4 Å². The molecule has 0 atom stereocenters. The van der Waals surface area contributed by atoms with Crippen LogP contribution in [0.25, 0.3) is 0 Å². The van der Waals surface area contributed by atoms with Crippen molar-refractivity contribution in [2.45, 2.75) is 25.9 Å². The van der Waals surface area contributed by atoms with Crippen molar-refractivity contribution in [2.75, 3.05) is 13.7 Å². The highest BCUT2D eigenvalue weighted by atomic mass is 79.9. The zero-order valence-electron chi connectivity index (χ0n) is 10.5. The standard InChI is InChI=1S/C12H15BrClNO3/c1-12(2,17-3)4-5-18-11(16)9-6-8(13)7-15-10(9)14/h6-7H,4-5H2,1-3H3. The summed E-state index contributed by atoms with van der Waals surface area (Å²) in [5, 5.41) is 0.134. The molecular weight excluding hydrogens is 321 g/mol. The largest absolute Gasteiger partial charge is 0.462 e. The molecule has 0 fully saturated rings. The van der Waals surface area contributed by atoms with Gasteiger partial charge in [0.15, 0.2) is 0 Å². The average molecular weight is 337 g/mol. The molecule has 0 aromatic carbocycles. The van der Waals surface area contributed by atoms with Crippen LogP contribution in [0.15, 0.2) is 16.7 Å². The normalized spacial score (nSPS) is 11.4. The minimum absolute atomic E-state index is 0.134. The van der Waals surface area contributed by atoms with Crippen LogP contribution in [0.5, 0.6) is 0 Å². The molecule has 0 radical (unpaired) electrons. The maximum Gasteiger partial charge on any atom is 0.341 e. The first-order valence-corrected chi connectivity index (χ1v) is 6.56. The molecule has 0 N–H and O–H groups in total. The van der Waals surface area contributed by atoms with Crippen LogP contribution in [0, 0.1) is 0 Å². The number of hydrogen-bond donors (Lipinski definition) is 0. The molecule has 1 aromatic rings.